The van der Waals surface area contributed by atoms with E-state index in [1.807, 2.05) is 18.4 Å². The Labute approximate surface area is 158 Å². The van der Waals surface area contributed by atoms with Crippen LogP contribution in [-0.4, -0.2) is 31.1 Å². The third kappa shape index (κ3) is 5.97. The second kappa shape index (κ2) is 10.1. The van der Waals surface area contributed by atoms with Crippen molar-refractivity contribution >= 4 is 28.8 Å². The lowest BCUT2D eigenvalue weighted by Crippen LogP contribution is -2.30. The first kappa shape index (κ1) is 20.1. The quantitative estimate of drug-likeness (QED) is 0.692. The van der Waals surface area contributed by atoms with E-state index in [4.69, 9.17) is 4.74 Å². The first-order valence-electron chi connectivity index (χ1n) is 8.86. The van der Waals surface area contributed by atoms with Crippen LogP contribution in [0.2, 0.25) is 0 Å². The average Bonchev–Trinajstić information content (AvgIpc) is 3.15. The molecule has 0 fully saturated rings. The summed E-state index contributed by atoms with van der Waals surface area (Å²) in [4.78, 5) is 25.1. The Morgan fingerprint density at radius 3 is 2.62 bits per heavy atom. The molecule has 2 amide bonds. The van der Waals surface area contributed by atoms with Crippen molar-refractivity contribution in [3.8, 4) is 0 Å². The van der Waals surface area contributed by atoms with E-state index in [1.165, 1.54) is 11.3 Å². The Balaban J connectivity index is 1.90. The molecule has 0 aliphatic carbocycles. The Bertz CT molecular complexity index is 714. The van der Waals surface area contributed by atoms with E-state index in [0.29, 0.717) is 35.2 Å². The highest BCUT2D eigenvalue weighted by Gasteiger charge is 2.14. The standard InChI is InChI=1S/C20H26N2O3S/c1-4-25-17(14(2)3)10-11-21-19(23)15-7-5-8-16(13-15)22-20(24)18-9-6-12-26-18/h5-9,12-14,17H,4,10-11H2,1-3H3,(H,21,23)(H,22,24)/t17-/m1/s1. The van der Waals surface area contributed by atoms with Crippen LogP contribution in [0.25, 0.3) is 0 Å². The molecule has 0 unspecified atom stereocenters. The smallest absolute Gasteiger partial charge is 0.265 e. The molecule has 5 nitrogen and oxygen atoms in total. The minimum absolute atomic E-state index is 0.136. The molecular weight excluding hydrogens is 348 g/mol. The number of carbonyl (C=O) groups is 2. The van der Waals surface area contributed by atoms with E-state index >= 15 is 0 Å². The molecular formula is C20H26N2O3S. The maximum atomic E-state index is 12.4. The van der Waals surface area contributed by atoms with Crippen molar-refractivity contribution < 1.29 is 14.3 Å². The largest absolute Gasteiger partial charge is 0.378 e. The van der Waals surface area contributed by atoms with Crippen LogP contribution >= 0.6 is 11.3 Å². The molecule has 0 aliphatic heterocycles. The lowest BCUT2D eigenvalue weighted by atomic mass is 10.0. The van der Waals surface area contributed by atoms with Crippen LogP contribution in [-0.2, 0) is 4.74 Å². The van der Waals surface area contributed by atoms with Gasteiger partial charge in [-0.05, 0) is 48.9 Å². The molecule has 0 saturated heterocycles. The predicted molar refractivity (Wildman–Crippen MR) is 106 cm³/mol. The monoisotopic (exact) mass is 374 g/mol. The fourth-order valence-electron chi connectivity index (χ4n) is 2.59. The van der Waals surface area contributed by atoms with Crippen molar-refractivity contribution in [3.63, 3.8) is 0 Å². The summed E-state index contributed by atoms with van der Waals surface area (Å²) in [6.45, 7) is 7.42. The number of hydrogen-bond acceptors (Lipinski definition) is 4. The predicted octanol–water partition coefficient (Wildman–Crippen LogP) is 4.18. The van der Waals surface area contributed by atoms with Gasteiger partial charge in [-0.15, -0.1) is 11.3 Å². The van der Waals surface area contributed by atoms with Gasteiger partial charge >= 0.3 is 0 Å². The number of amides is 2. The summed E-state index contributed by atoms with van der Waals surface area (Å²) in [5, 5.41) is 7.59. The lowest BCUT2D eigenvalue weighted by Gasteiger charge is -2.20. The highest BCUT2D eigenvalue weighted by molar-refractivity contribution is 7.12. The molecule has 1 aromatic heterocycles. The van der Waals surface area contributed by atoms with E-state index in [0.717, 1.165) is 6.42 Å². The summed E-state index contributed by atoms with van der Waals surface area (Å²) < 4.78 is 5.69. The molecule has 0 saturated carbocycles. The van der Waals surface area contributed by atoms with Gasteiger partial charge in [0.2, 0.25) is 0 Å². The van der Waals surface area contributed by atoms with Gasteiger partial charge in [-0.2, -0.15) is 0 Å². The first-order chi connectivity index (χ1) is 12.5. The third-order valence-electron chi connectivity index (χ3n) is 3.97. The summed E-state index contributed by atoms with van der Waals surface area (Å²) in [5.74, 6) is 0.0768. The number of rotatable bonds is 9. The molecule has 26 heavy (non-hydrogen) atoms. The van der Waals surface area contributed by atoms with Crippen LogP contribution in [0.1, 0.15) is 47.2 Å². The molecule has 1 aromatic carbocycles. The van der Waals surface area contributed by atoms with E-state index in [1.54, 1.807) is 30.3 Å². The molecule has 2 aromatic rings. The Hall–Kier alpha value is -2.18. The van der Waals surface area contributed by atoms with Gasteiger partial charge in [0.05, 0.1) is 11.0 Å². The molecule has 2 rings (SSSR count). The van der Waals surface area contributed by atoms with Crippen LogP contribution in [0.3, 0.4) is 0 Å². The second-order valence-electron chi connectivity index (χ2n) is 6.29. The van der Waals surface area contributed by atoms with Gasteiger partial charge in [-0.1, -0.05) is 26.0 Å². The van der Waals surface area contributed by atoms with Gasteiger partial charge in [0, 0.05) is 24.4 Å². The number of anilines is 1. The maximum absolute atomic E-state index is 12.4. The summed E-state index contributed by atoms with van der Waals surface area (Å²) in [6, 6.07) is 10.5. The van der Waals surface area contributed by atoms with E-state index in [-0.39, 0.29) is 17.9 Å². The van der Waals surface area contributed by atoms with Crippen LogP contribution < -0.4 is 10.6 Å². The van der Waals surface area contributed by atoms with Crippen LogP contribution in [0.15, 0.2) is 41.8 Å². The van der Waals surface area contributed by atoms with E-state index in [9.17, 15) is 9.59 Å². The van der Waals surface area contributed by atoms with Crippen LogP contribution in [0.4, 0.5) is 5.69 Å². The Morgan fingerprint density at radius 2 is 1.96 bits per heavy atom. The number of nitrogens with one attached hydrogen (secondary N) is 2. The molecule has 1 heterocycles. The lowest BCUT2D eigenvalue weighted by molar-refractivity contribution is 0.0251. The molecule has 1 atom stereocenters. The van der Waals surface area contributed by atoms with Crippen LogP contribution in [0, 0.1) is 5.92 Å². The van der Waals surface area contributed by atoms with Gasteiger partial charge in [0.15, 0.2) is 0 Å². The number of carbonyl (C=O) groups excluding carboxylic acids is 2. The fourth-order valence-corrected chi connectivity index (χ4v) is 3.21. The molecule has 2 N–H and O–H groups in total. The minimum Gasteiger partial charge on any atom is -0.378 e. The Morgan fingerprint density at radius 1 is 1.15 bits per heavy atom. The first-order valence-corrected chi connectivity index (χ1v) is 9.74. The van der Waals surface area contributed by atoms with Gasteiger partial charge in [-0.25, -0.2) is 0 Å². The number of ether oxygens (including phenoxy) is 1. The third-order valence-corrected chi connectivity index (χ3v) is 4.83. The average molecular weight is 375 g/mol. The topological polar surface area (TPSA) is 67.4 Å². The highest BCUT2D eigenvalue weighted by Crippen LogP contribution is 2.15. The molecule has 140 valence electrons. The summed E-state index contributed by atoms with van der Waals surface area (Å²) in [6.07, 6.45) is 0.906. The molecule has 0 aliphatic rings. The van der Waals surface area contributed by atoms with Crippen molar-refractivity contribution in [2.24, 2.45) is 5.92 Å². The second-order valence-corrected chi connectivity index (χ2v) is 7.24. The van der Waals surface area contributed by atoms with Crippen molar-refractivity contribution in [3.05, 3.63) is 52.2 Å². The van der Waals surface area contributed by atoms with E-state index in [2.05, 4.69) is 24.5 Å². The highest BCUT2D eigenvalue weighted by atomic mass is 32.1. The van der Waals surface area contributed by atoms with Crippen molar-refractivity contribution in [2.75, 3.05) is 18.5 Å². The number of hydrogen-bond donors (Lipinski definition) is 2. The zero-order chi connectivity index (χ0) is 18.9. The molecule has 6 heteroatoms. The van der Waals surface area contributed by atoms with Crippen molar-refractivity contribution in [1.82, 2.24) is 5.32 Å². The normalized spacial score (nSPS) is 12.0. The fraction of sp³-hybridized carbons (Fsp3) is 0.400. The van der Waals surface area contributed by atoms with Crippen LogP contribution in [0.5, 0.6) is 0 Å². The zero-order valence-corrected chi connectivity index (χ0v) is 16.3. The SMILES string of the molecule is CCO[C@H](CCNC(=O)c1cccc(NC(=O)c2cccs2)c1)C(C)C. The Kier molecular flexibility index (Phi) is 7.81. The van der Waals surface area contributed by atoms with Crippen molar-refractivity contribution in [2.45, 2.75) is 33.3 Å². The number of thiophene rings is 1. The summed E-state index contributed by atoms with van der Waals surface area (Å²) >= 11 is 1.38. The molecule has 0 radical (unpaired) electrons. The number of benzene rings is 1. The zero-order valence-electron chi connectivity index (χ0n) is 15.5. The van der Waals surface area contributed by atoms with Crippen molar-refractivity contribution in [1.29, 1.82) is 0 Å². The van der Waals surface area contributed by atoms with Gasteiger partial charge in [0.1, 0.15) is 0 Å². The van der Waals surface area contributed by atoms with Gasteiger partial charge in [-0.3, -0.25) is 9.59 Å². The summed E-state index contributed by atoms with van der Waals surface area (Å²) in [7, 11) is 0. The molecule has 0 spiro atoms. The van der Waals surface area contributed by atoms with Gasteiger partial charge in [0.25, 0.3) is 11.8 Å². The van der Waals surface area contributed by atoms with Gasteiger partial charge < -0.3 is 15.4 Å². The summed E-state index contributed by atoms with van der Waals surface area (Å²) in [5.41, 5.74) is 1.12. The minimum atomic E-state index is -0.172. The maximum Gasteiger partial charge on any atom is 0.265 e. The van der Waals surface area contributed by atoms with E-state index < -0.39 is 0 Å². The molecule has 0 bridgehead atoms.